The van der Waals surface area contributed by atoms with Crippen LogP contribution in [0.5, 0.6) is 0 Å². The SMILES string of the molecule is CC(C)(C)OC(=O)c1ccc(-c2cccc(Cl)c2F)cc1NC(=O)c1ccccc1. The Labute approximate surface area is 179 Å². The van der Waals surface area contributed by atoms with Gasteiger partial charge in [0.1, 0.15) is 11.4 Å². The van der Waals surface area contributed by atoms with E-state index in [1.807, 2.05) is 0 Å². The lowest BCUT2D eigenvalue weighted by molar-refractivity contribution is 0.00708. The molecule has 0 atom stereocenters. The minimum absolute atomic E-state index is 0.0152. The molecule has 0 fully saturated rings. The Morgan fingerprint density at radius 1 is 0.967 bits per heavy atom. The van der Waals surface area contributed by atoms with Crippen LogP contribution in [0.2, 0.25) is 5.02 Å². The summed E-state index contributed by atoms with van der Waals surface area (Å²) in [6.07, 6.45) is 0. The van der Waals surface area contributed by atoms with Crippen LogP contribution < -0.4 is 5.32 Å². The van der Waals surface area contributed by atoms with Gasteiger partial charge in [-0.3, -0.25) is 4.79 Å². The molecule has 0 aliphatic carbocycles. The number of carbonyl (C=O) groups is 2. The maximum Gasteiger partial charge on any atom is 0.340 e. The topological polar surface area (TPSA) is 55.4 Å². The number of hydrogen-bond acceptors (Lipinski definition) is 3. The highest BCUT2D eigenvalue weighted by atomic mass is 35.5. The number of amides is 1. The molecule has 154 valence electrons. The van der Waals surface area contributed by atoms with E-state index in [-0.39, 0.29) is 21.8 Å². The quantitative estimate of drug-likeness (QED) is 0.495. The van der Waals surface area contributed by atoms with E-state index in [0.29, 0.717) is 11.1 Å². The molecule has 0 aliphatic rings. The number of hydrogen-bond donors (Lipinski definition) is 1. The number of halogens is 2. The van der Waals surface area contributed by atoms with Crippen molar-refractivity contribution in [1.29, 1.82) is 0 Å². The Morgan fingerprint density at radius 2 is 1.67 bits per heavy atom. The number of benzene rings is 3. The number of rotatable bonds is 4. The molecule has 0 unspecified atom stereocenters. The summed E-state index contributed by atoms with van der Waals surface area (Å²) in [6.45, 7) is 5.26. The van der Waals surface area contributed by atoms with Gasteiger partial charge < -0.3 is 10.1 Å². The first-order chi connectivity index (χ1) is 14.2. The number of esters is 1. The fourth-order valence-electron chi connectivity index (χ4n) is 2.84. The van der Waals surface area contributed by atoms with Crippen molar-refractivity contribution in [2.75, 3.05) is 5.32 Å². The molecule has 1 amide bonds. The molecule has 0 heterocycles. The van der Waals surface area contributed by atoms with Gasteiger partial charge >= 0.3 is 5.97 Å². The Hall–Kier alpha value is -3.18. The van der Waals surface area contributed by atoms with E-state index in [0.717, 1.165) is 0 Å². The predicted molar refractivity (Wildman–Crippen MR) is 116 cm³/mol. The van der Waals surface area contributed by atoms with Gasteiger partial charge in [-0.15, -0.1) is 0 Å². The van der Waals surface area contributed by atoms with Gasteiger partial charge in [-0.1, -0.05) is 48.0 Å². The molecule has 0 saturated carbocycles. The highest BCUT2D eigenvalue weighted by molar-refractivity contribution is 6.31. The number of anilines is 1. The van der Waals surface area contributed by atoms with Gasteiger partial charge in [0.2, 0.25) is 0 Å². The van der Waals surface area contributed by atoms with Gasteiger partial charge in [-0.2, -0.15) is 0 Å². The molecule has 0 spiro atoms. The smallest absolute Gasteiger partial charge is 0.340 e. The molecule has 3 rings (SSSR count). The second kappa shape index (κ2) is 8.67. The summed E-state index contributed by atoms with van der Waals surface area (Å²) in [6, 6.07) is 17.9. The summed E-state index contributed by atoms with van der Waals surface area (Å²) in [5.41, 5.74) is 0.816. The van der Waals surface area contributed by atoms with Gasteiger partial charge in [-0.05, 0) is 56.7 Å². The van der Waals surface area contributed by atoms with Gasteiger partial charge in [0, 0.05) is 11.1 Å². The van der Waals surface area contributed by atoms with Crippen molar-refractivity contribution in [3.63, 3.8) is 0 Å². The molecule has 0 aliphatic heterocycles. The second-order valence-corrected chi connectivity index (χ2v) is 8.09. The van der Waals surface area contributed by atoms with Crippen LogP contribution in [0.25, 0.3) is 11.1 Å². The zero-order valence-electron chi connectivity index (χ0n) is 16.8. The van der Waals surface area contributed by atoms with Crippen molar-refractivity contribution in [3.8, 4) is 11.1 Å². The van der Waals surface area contributed by atoms with Crippen LogP contribution in [0.1, 0.15) is 41.5 Å². The third kappa shape index (κ3) is 5.05. The summed E-state index contributed by atoms with van der Waals surface area (Å²) >= 11 is 5.90. The molecule has 0 saturated heterocycles. The fraction of sp³-hybridized carbons (Fsp3) is 0.167. The first kappa shape index (κ1) is 21.5. The third-order valence-electron chi connectivity index (χ3n) is 4.19. The molecule has 0 aromatic heterocycles. The maximum absolute atomic E-state index is 14.5. The third-order valence-corrected chi connectivity index (χ3v) is 4.48. The van der Waals surface area contributed by atoms with Crippen LogP contribution in [-0.2, 0) is 4.74 Å². The summed E-state index contributed by atoms with van der Waals surface area (Å²) in [4.78, 5) is 25.4. The molecule has 3 aromatic carbocycles. The van der Waals surface area contributed by atoms with Crippen LogP contribution in [0.15, 0.2) is 66.7 Å². The predicted octanol–water partition coefficient (Wildman–Crippen LogP) is 6.35. The standard InChI is InChI=1S/C24H21ClFNO3/c1-24(2,3)30-23(29)18-13-12-16(17-10-7-11-19(25)21(17)26)14-20(18)27-22(28)15-8-5-4-6-9-15/h4-14H,1-3H3,(H,27,28). The Balaban J connectivity index is 2.05. The highest BCUT2D eigenvalue weighted by Gasteiger charge is 2.22. The van der Waals surface area contributed by atoms with E-state index in [1.165, 1.54) is 18.2 Å². The first-order valence-corrected chi connectivity index (χ1v) is 9.72. The average Bonchev–Trinajstić information content (AvgIpc) is 2.69. The van der Waals surface area contributed by atoms with Crippen molar-refractivity contribution < 1.29 is 18.7 Å². The second-order valence-electron chi connectivity index (χ2n) is 7.68. The number of nitrogens with one attached hydrogen (secondary N) is 1. The molecule has 0 radical (unpaired) electrons. The molecule has 30 heavy (non-hydrogen) atoms. The largest absolute Gasteiger partial charge is 0.456 e. The van der Waals surface area contributed by atoms with Crippen molar-refractivity contribution in [3.05, 3.63) is 88.7 Å². The average molecular weight is 426 g/mol. The molecule has 6 heteroatoms. The summed E-state index contributed by atoms with van der Waals surface area (Å²) in [7, 11) is 0. The van der Waals surface area contributed by atoms with Crippen LogP contribution in [-0.4, -0.2) is 17.5 Å². The summed E-state index contributed by atoms with van der Waals surface area (Å²) < 4.78 is 20.0. The van der Waals surface area contributed by atoms with Crippen LogP contribution >= 0.6 is 11.6 Å². The van der Waals surface area contributed by atoms with E-state index in [4.69, 9.17) is 16.3 Å². The van der Waals surface area contributed by atoms with Gasteiger partial charge in [0.25, 0.3) is 5.91 Å². The Kier molecular flexibility index (Phi) is 6.22. The summed E-state index contributed by atoms with van der Waals surface area (Å²) in [5.74, 6) is -1.57. The van der Waals surface area contributed by atoms with Crippen molar-refractivity contribution in [2.24, 2.45) is 0 Å². The Morgan fingerprint density at radius 3 is 2.33 bits per heavy atom. The Bertz CT molecular complexity index is 1090. The molecule has 1 N–H and O–H groups in total. The minimum atomic E-state index is -0.713. The zero-order chi connectivity index (χ0) is 21.9. The van der Waals surface area contributed by atoms with Crippen molar-refractivity contribution >= 4 is 29.2 Å². The number of ether oxygens (including phenoxy) is 1. The lowest BCUT2D eigenvalue weighted by Gasteiger charge is -2.21. The number of carbonyl (C=O) groups excluding carboxylic acids is 2. The van der Waals surface area contributed by atoms with Gasteiger partial charge in [0.05, 0.1) is 16.3 Å². The maximum atomic E-state index is 14.5. The van der Waals surface area contributed by atoms with Gasteiger partial charge in [0.15, 0.2) is 0 Å². The van der Waals surface area contributed by atoms with E-state index in [1.54, 1.807) is 69.3 Å². The molecular weight excluding hydrogens is 405 g/mol. The first-order valence-electron chi connectivity index (χ1n) is 9.34. The lowest BCUT2D eigenvalue weighted by Crippen LogP contribution is -2.25. The molecule has 3 aromatic rings. The van der Waals surface area contributed by atoms with Crippen molar-refractivity contribution in [2.45, 2.75) is 26.4 Å². The van der Waals surface area contributed by atoms with E-state index < -0.39 is 23.3 Å². The minimum Gasteiger partial charge on any atom is -0.456 e. The molecule has 0 bridgehead atoms. The van der Waals surface area contributed by atoms with Crippen LogP contribution in [0.3, 0.4) is 0 Å². The van der Waals surface area contributed by atoms with E-state index >= 15 is 0 Å². The zero-order valence-corrected chi connectivity index (χ0v) is 17.6. The fourth-order valence-corrected chi connectivity index (χ4v) is 3.01. The molecular formula is C24H21ClFNO3. The van der Waals surface area contributed by atoms with Crippen LogP contribution in [0.4, 0.5) is 10.1 Å². The molecule has 4 nitrogen and oxygen atoms in total. The van der Waals surface area contributed by atoms with Crippen molar-refractivity contribution in [1.82, 2.24) is 0 Å². The van der Waals surface area contributed by atoms with E-state index in [2.05, 4.69) is 5.32 Å². The monoisotopic (exact) mass is 425 g/mol. The summed E-state index contributed by atoms with van der Waals surface area (Å²) in [5, 5.41) is 2.73. The van der Waals surface area contributed by atoms with Gasteiger partial charge in [-0.25, -0.2) is 9.18 Å². The lowest BCUT2D eigenvalue weighted by atomic mass is 10.0. The highest BCUT2D eigenvalue weighted by Crippen LogP contribution is 2.31. The van der Waals surface area contributed by atoms with Crippen LogP contribution in [0, 0.1) is 5.82 Å². The van der Waals surface area contributed by atoms with E-state index in [9.17, 15) is 14.0 Å². The normalized spacial score (nSPS) is 11.1.